The third-order valence-electron chi connectivity index (χ3n) is 2.85. The summed E-state index contributed by atoms with van der Waals surface area (Å²) in [6, 6.07) is 9.20. The predicted octanol–water partition coefficient (Wildman–Crippen LogP) is 1.47. The number of hydrogen-bond acceptors (Lipinski definition) is 3. The van der Waals surface area contributed by atoms with Gasteiger partial charge in [0.15, 0.2) is 0 Å². The van der Waals surface area contributed by atoms with Crippen LogP contribution in [0.1, 0.15) is 31.4 Å². The van der Waals surface area contributed by atoms with E-state index in [0.29, 0.717) is 0 Å². The van der Waals surface area contributed by atoms with Crippen LogP contribution in [0.3, 0.4) is 0 Å². The summed E-state index contributed by atoms with van der Waals surface area (Å²) < 4.78 is 0. The average Bonchev–Trinajstić information content (AvgIpc) is 2.35. The number of likely N-dealkylation sites (N-methyl/N-ethyl adjacent to an activating group) is 1. The summed E-state index contributed by atoms with van der Waals surface area (Å²) in [5.41, 5.74) is 0.756. The molecule has 3 nitrogen and oxygen atoms in total. The van der Waals surface area contributed by atoms with Crippen LogP contribution in [0.25, 0.3) is 0 Å². The largest absolute Gasteiger partial charge is 0.388 e. The zero-order valence-corrected chi connectivity index (χ0v) is 9.93. The number of rotatable bonds is 6. The molecule has 2 unspecified atom stereocenters. The van der Waals surface area contributed by atoms with Crippen molar-refractivity contribution in [1.82, 2.24) is 5.32 Å². The molecule has 3 atom stereocenters. The smallest absolute Gasteiger partial charge is 0.106 e. The Hall–Kier alpha value is -0.900. The minimum absolute atomic E-state index is 0.0693. The lowest BCUT2D eigenvalue weighted by molar-refractivity contribution is -0.00568. The minimum atomic E-state index is -0.829. The maximum absolute atomic E-state index is 10.0. The van der Waals surface area contributed by atoms with Gasteiger partial charge in [0.25, 0.3) is 0 Å². The zero-order chi connectivity index (χ0) is 12.0. The van der Waals surface area contributed by atoms with Crippen LogP contribution >= 0.6 is 0 Å². The normalized spacial score (nSPS) is 16.8. The summed E-state index contributed by atoms with van der Waals surface area (Å²) in [6.07, 6.45) is 0.226. The Labute approximate surface area is 97.1 Å². The fraction of sp³-hybridized carbons (Fsp3) is 0.538. The van der Waals surface area contributed by atoms with Crippen molar-refractivity contribution in [2.45, 2.75) is 38.0 Å². The molecule has 0 aliphatic carbocycles. The second-order valence-electron chi connectivity index (χ2n) is 4.03. The molecule has 1 rings (SSSR count). The van der Waals surface area contributed by atoms with E-state index >= 15 is 0 Å². The molecule has 3 N–H and O–H groups in total. The van der Waals surface area contributed by atoms with Crippen molar-refractivity contribution < 1.29 is 10.2 Å². The van der Waals surface area contributed by atoms with Crippen LogP contribution in [0.2, 0.25) is 0 Å². The van der Waals surface area contributed by atoms with Gasteiger partial charge in [0, 0.05) is 6.04 Å². The van der Waals surface area contributed by atoms with Crippen molar-refractivity contribution in [1.29, 1.82) is 0 Å². The molecule has 90 valence electrons. The van der Waals surface area contributed by atoms with Crippen molar-refractivity contribution in [2.24, 2.45) is 0 Å². The van der Waals surface area contributed by atoms with E-state index in [1.807, 2.05) is 30.3 Å². The van der Waals surface area contributed by atoms with Gasteiger partial charge in [-0.25, -0.2) is 0 Å². The summed E-state index contributed by atoms with van der Waals surface area (Å²) in [5.74, 6) is 0. The van der Waals surface area contributed by atoms with Crippen LogP contribution in [-0.2, 0) is 0 Å². The summed E-state index contributed by atoms with van der Waals surface area (Å²) in [7, 11) is 1.81. The van der Waals surface area contributed by atoms with Gasteiger partial charge in [-0.2, -0.15) is 0 Å². The third-order valence-corrected chi connectivity index (χ3v) is 2.85. The van der Waals surface area contributed by atoms with E-state index in [1.54, 1.807) is 7.05 Å². The van der Waals surface area contributed by atoms with E-state index in [-0.39, 0.29) is 6.04 Å². The Morgan fingerprint density at radius 1 is 1.19 bits per heavy atom. The van der Waals surface area contributed by atoms with Gasteiger partial charge in [0.05, 0.1) is 6.10 Å². The molecule has 1 aromatic rings. The first-order valence-electron chi connectivity index (χ1n) is 5.79. The molecular formula is C13H21NO2. The lowest BCUT2D eigenvalue weighted by atomic mass is 9.96. The van der Waals surface area contributed by atoms with Gasteiger partial charge in [-0.3, -0.25) is 0 Å². The SMILES string of the molecule is CCC[C@H](NC)C(O)C(O)c1ccccc1. The van der Waals surface area contributed by atoms with Crippen molar-refractivity contribution in [2.75, 3.05) is 7.05 Å². The summed E-state index contributed by atoms with van der Waals surface area (Å²) in [4.78, 5) is 0. The Morgan fingerprint density at radius 2 is 1.81 bits per heavy atom. The molecule has 0 spiro atoms. The highest BCUT2D eigenvalue weighted by molar-refractivity contribution is 5.18. The van der Waals surface area contributed by atoms with Crippen molar-refractivity contribution >= 4 is 0 Å². The second-order valence-corrected chi connectivity index (χ2v) is 4.03. The molecular weight excluding hydrogens is 202 g/mol. The Morgan fingerprint density at radius 3 is 2.31 bits per heavy atom. The monoisotopic (exact) mass is 223 g/mol. The highest BCUT2D eigenvalue weighted by atomic mass is 16.3. The summed E-state index contributed by atoms with van der Waals surface area (Å²) >= 11 is 0. The van der Waals surface area contributed by atoms with Gasteiger partial charge in [0.2, 0.25) is 0 Å². The van der Waals surface area contributed by atoms with Crippen LogP contribution in [0.15, 0.2) is 30.3 Å². The van der Waals surface area contributed by atoms with Gasteiger partial charge in [-0.1, -0.05) is 43.7 Å². The van der Waals surface area contributed by atoms with Crippen LogP contribution < -0.4 is 5.32 Å². The van der Waals surface area contributed by atoms with E-state index < -0.39 is 12.2 Å². The fourth-order valence-corrected chi connectivity index (χ4v) is 1.86. The Kier molecular flexibility index (Phi) is 5.46. The van der Waals surface area contributed by atoms with Crippen molar-refractivity contribution in [3.8, 4) is 0 Å². The lowest BCUT2D eigenvalue weighted by Gasteiger charge is -2.26. The first kappa shape index (κ1) is 13.2. The fourth-order valence-electron chi connectivity index (χ4n) is 1.86. The molecule has 0 bridgehead atoms. The van der Waals surface area contributed by atoms with Gasteiger partial charge in [0.1, 0.15) is 6.10 Å². The molecule has 0 saturated heterocycles. The van der Waals surface area contributed by atoms with E-state index in [2.05, 4.69) is 12.2 Å². The molecule has 1 aromatic carbocycles. The topological polar surface area (TPSA) is 52.5 Å². The zero-order valence-electron chi connectivity index (χ0n) is 9.93. The molecule has 0 saturated carbocycles. The van der Waals surface area contributed by atoms with Crippen molar-refractivity contribution in [3.63, 3.8) is 0 Å². The number of nitrogens with one attached hydrogen (secondary N) is 1. The molecule has 16 heavy (non-hydrogen) atoms. The van der Waals surface area contributed by atoms with Crippen LogP contribution in [-0.4, -0.2) is 29.4 Å². The molecule has 0 aromatic heterocycles. The highest BCUT2D eigenvalue weighted by Gasteiger charge is 2.25. The second kappa shape index (κ2) is 6.63. The molecule has 0 fully saturated rings. The van der Waals surface area contributed by atoms with Crippen molar-refractivity contribution in [3.05, 3.63) is 35.9 Å². The van der Waals surface area contributed by atoms with E-state index in [1.165, 1.54) is 0 Å². The maximum Gasteiger partial charge on any atom is 0.106 e. The van der Waals surface area contributed by atoms with E-state index in [4.69, 9.17) is 0 Å². The van der Waals surface area contributed by atoms with Gasteiger partial charge < -0.3 is 15.5 Å². The van der Waals surface area contributed by atoms with Crippen LogP contribution in [0.4, 0.5) is 0 Å². The quantitative estimate of drug-likeness (QED) is 0.684. The van der Waals surface area contributed by atoms with Gasteiger partial charge in [-0.05, 0) is 19.0 Å². The number of aliphatic hydroxyl groups excluding tert-OH is 2. The Bertz CT molecular complexity index is 289. The highest BCUT2D eigenvalue weighted by Crippen LogP contribution is 2.20. The number of benzene rings is 1. The molecule has 0 aliphatic rings. The lowest BCUT2D eigenvalue weighted by Crippen LogP contribution is -2.41. The first-order valence-corrected chi connectivity index (χ1v) is 5.79. The van der Waals surface area contributed by atoms with Crippen LogP contribution in [0, 0.1) is 0 Å². The third kappa shape index (κ3) is 3.30. The van der Waals surface area contributed by atoms with E-state index in [0.717, 1.165) is 18.4 Å². The van der Waals surface area contributed by atoms with Crippen LogP contribution in [0.5, 0.6) is 0 Å². The van der Waals surface area contributed by atoms with Gasteiger partial charge >= 0.3 is 0 Å². The molecule has 3 heteroatoms. The molecule has 0 radical (unpaired) electrons. The maximum atomic E-state index is 10.0. The Balaban J connectivity index is 2.69. The van der Waals surface area contributed by atoms with E-state index in [9.17, 15) is 10.2 Å². The summed E-state index contributed by atoms with van der Waals surface area (Å²) in [6.45, 7) is 2.06. The molecule has 0 amide bonds. The molecule has 0 heterocycles. The standard InChI is InChI=1S/C13H21NO2/c1-3-7-11(14-2)13(16)12(15)10-8-5-4-6-9-10/h4-6,8-9,11-16H,3,7H2,1-2H3/t11-,12?,13?/m0/s1. The minimum Gasteiger partial charge on any atom is -0.388 e. The van der Waals surface area contributed by atoms with Gasteiger partial charge in [-0.15, -0.1) is 0 Å². The number of aliphatic hydroxyl groups is 2. The summed E-state index contributed by atoms with van der Waals surface area (Å²) in [5, 5.41) is 23.1. The average molecular weight is 223 g/mol. The first-order chi connectivity index (χ1) is 7.70. The number of hydrogen-bond donors (Lipinski definition) is 3. The predicted molar refractivity (Wildman–Crippen MR) is 65.2 cm³/mol. The molecule has 0 aliphatic heterocycles.